The SMILES string of the molecule is CCOC(=O)C(COC)(C1CC1)N1CCCNCC1. The number of nitrogens with zero attached hydrogens (tertiary/aromatic N) is 1. The number of hydrogen-bond donors (Lipinski definition) is 1. The summed E-state index contributed by atoms with van der Waals surface area (Å²) in [4.78, 5) is 14.9. The van der Waals surface area contributed by atoms with Crippen LogP contribution in [0.3, 0.4) is 0 Å². The number of ether oxygens (including phenoxy) is 2. The van der Waals surface area contributed by atoms with Gasteiger partial charge in [-0.25, -0.2) is 4.79 Å². The van der Waals surface area contributed by atoms with Gasteiger partial charge in [-0.15, -0.1) is 0 Å². The Morgan fingerprint density at radius 3 is 2.79 bits per heavy atom. The summed E-state index contributed by atoms with van der Waals surface area (Å²) < 4.78 is 10.8. The molecule has 1 saturated heterocycles. The van der Waals surface area contributed by atoms with Crippen LogP contribution in [0.2, 0.25) is 0 Å². The van der Waals surface area contributed by atoms with Gasteiger partial charge in [-0.2, -0.15) is 0 Å². The van der Waals surface area contributed by atoms with Crippen LogP contribution in [0.15, 0.2) is 0 Å². The van der Waals surface area contributed by atoms with Crippen LogP contribution in [0.4, 0.5) is 0 Å². The minimum absolute atomic E-state index is 0.0961. The number of carbonyl (C=O) groups is 1. The number of methoxy groups -OCH3 is 1. The summed E-state index contributed by atoms with van der Waals surface area (Å²) in [7, 11) is 1.67. The van der Waals surface area contributed by atoms with Crippen LogP contribution in [0.1, 0.15) is 26.2 Å². The quantitative estimate of drug-likeness (QED) is 0.718. The first-order valence-corrected chi connectivity index (χ1v) is 7.37. The third kappa shape index (κ3) is 3.09. The van der Waals surface area contributed by atoms with Crippen molar-refractivity contribution in [3.63, 3.8) is 0 Å². The molecule has 1 atom stereocenters. The molecule has 110 valence electrons. The summed E-state index contributed by atoms with van der Waals surface area (Å²) >= 11 is 0. The molecule has 1 saturated carbocycles. The first-order valence-electron chi connectivity index (χ1n) is 7.37. The number of hydrogen-bond acceptors (Lipinski definition) is 5. The lowest BCUT2D eigenvalue weighted by Gasteiger charge is -2.41. The molecule has 0 aromatic heterocycles. The highest BCUT2D eigenvalue weighted by molar-refractivity contribution is 5.82. The lowest BCUT2D eigenvalue weighted by Crippen LogP contribution is -2.61. The van der Waals surface area contributed by atoms with Crippen molar-refractivity contribution in [2.45, 2.75) is 31.7 Å². The molecule has 2 aliphatic rings. The molecule has 0 spiro atoms. The fourth-order valence-corrected chi connectivity index (χ4v) is 3.10. The van der Waals surface area contributed by atoms with E-state index >= 15 is 0 Å². The summed E-state index contributed by atoms with van der Waals surface area (Å²) in [5.41, 5.74) is -0.559. The maximum absolute atomic E-state index is 12.6. The van der Waals surface area contributed by atoms with Crippen LogP contribution < -0.4 is 5.32 Å². The van der Waals surface area contributed by atoms with E-state index in [9.17, 15) is 4.79 Å². The van der Waals surface area contributed by atoms with Crippen molar-refractivity contribution in [3.8, 4) is 0 Å². The third-order valence-electron chi connectivity index (χ3n) is 4.15. The number of esters is 1. The molecular weight excluding hydrogens is 244 g/mol. The lowest BCUT2D eigenvalue weighted by atomic mass is 9.91. The summed E-state index contributed by atoms with van der Waals surface area (Å²) in [5, 5.41) is 3.39. The zero-order valence-electron chi connectivity index (χ0n) is 12.1. The number of rotatable bonds is 6. The van der Waals surface area contributed by atoms with E-state index in [1.54, 1.807) is 7.11 Å². The van der Waals surface area contributed by atoms with Crippen LogP contribution in [0, 0.1) is 5.92 Å². The highest BCUT2D eigenvalue weighted by Gasteiger charge is 2.55. The number of carbonyl (C=O) groups excluding carboxylic acids is 1. The van der Waals surface area contributed by atoms with Gasteiger partial charge in [0.1, 0.15) is 5.54 Å². The Morgan fingerprint density at radius 2 is 2.16 bits per heavy atom. The predicted molar refractivity (Wildman–Crippen MR) is 73.0 cm³/mol. The van der Waals surface area contributed by atoms with Gasteiger partial charge in [0.05, 0.1) is 13.2 Å². The lowest BCUT2D eigenvalue weighted by molar-refractivity contribution is -0.164. The largest absolute Gasteiger partial charge is 0.465 e. The van der Waals surface area contributed by atoms with E-state index in [-0.39, 0.29) is 5.97 Å². The molecular formula is C14H26N2O3. The van der Waals surface area contributed by atoms with Crippen LogP contribution in [-0.4, -0.2) is 62.9 Å². The average Bonchev–Trinajstić information content (AvgIpc) is 3.23. The fourth-order valence-electron chi connectivity index (χ4n) is 3.10. The van der Waals surface area contributed by atoms with Crippen molar-refractivity contribution in [2.24, 2.45) is 5.92 Å². The topological polar surface area (TPSA) is 50.8 Å². The fraction of sp³-hybridized carbons (Fsp3) is 0.929. The molecule has 1 aliphatic carbocycles. The molecule has 5 nitrogen and oxygen atoms in total. The molecule has 0 bridgehead atoms. The third-order valence-corrected chi connectivity index (χ3v) is 4.15. The van der Waals surface area contributed by atoms with Gasteiger partial charge in [-0.05, 0) is 38.6 Å². The van der Waals surface area contributed by atoms with E-state index in [1.165, 1.54) is 0 Å². The maximum atomic E-state index is 12.6. The molecule has 1 N–H and O–H groups in total. The monoisotopic (exact) mass is 270 g/mol. The van der Waals surface area contributed by atoms with E-state index in [0.29, 0.717) is 19.1 Å². The molecule has 2 rings (SSSR count). The molecule has 5 heteroatoms. The first kappa shape index (κ1) is 14.8. The average molecular weight is 270 g/mol. The van der Waals surface area contributed by atoms with E-state index in [2.05, 4.69) is 10.2 Å². The highest BCUT2D eigenvalue weighted by atomic mass is 16.5. The van der Waals surface area contributed by atoms with Crippen molar-refractivity contribution < 1.29 is 14.3 Å². The van der Waals surface area contributed by atoms with Gasteiger partial charge in [0.25, 0.3) is 0 Å². The molecule has 19 heavy (non-hydrogen) atoms. The van der Waals surface area contributed by atoms with Crippen molar-refractivity contribution >= 4 is 5.97 Å². The molecule has 1 aliphatic heterocycles. The maximum Gasteiger partial charge on any atom is 0.329 e. The number of nitrogens with one attached hydrogen (secondary N) is 1. The van der Waals surface area contributed by atoms with Crippen LogP contribution >= 0.6 is 0 Å². The van der Waals surface area contributed by atoms with Crippen LogP contribution in [0.25, 0.3) is 0 Å². The van der Waals surface area contributed by atoms with Crippen LogP contribution in [0.5, 0.6) is 0 Å². The Kier molecular flexibility index (Phi) is 5.19. The highest BCUT2D eigenvalue weighted by Crippen LogP contribution is 2.44. The van der Waals surface area contributed by atoms with Crippen molar-refractivity contribution in [1.82, 2.24) is 10.2 Å². The molecule has 0 amide bonds. The van der Waals surface area contributed by atoms with Crippen molar-refractivity contribution in [1.29, 1.82) is 0 Å². The molecule has 1 heterocycles. The minimum Gasteiger partial charge on any atom is -0.465 e. The molecule has 1 unspecified atom stereocenters. The van der Waals surface area contributed by atoms with E-state index < -0.39 is 5.54 Å². The van der Waals surface area contributed by atoms with E-state index in [0.717, 1.165) is 45.4 Å². The molecule has 0 radical (unpaired) electrons. The summed E-state index contributed by atoms with van der Waals surface area (Å²) in [6.45, 7) is 6.51. The Hall–Kier alpha value is -0.650. The summed E-state index contributed by atoms with van der Waals surface area (Å²) in [6.07, 6.45) is 3.27. The molecule has 2 fully saturated rings. The standard InChI is InChI=1S/C14H26N2O3/c1-3-19-13(17)14(11-18-2,12-5-6-12)16-9-4-7-15-8-10-16/h12,15H,3-11H2,1-2H3. The predicted octanol–water partition coefficient (Wildman–Crippen LogP) is 0.640. The summed E-state index contributed by atoms with van der Waals surface area (Å²) in [5.74, 6) is 0.297. The van der Waals surface area contributed by atoms with Gasteiger partial charge in [-0.1, -0.05) is 0 Å². The van der Waals surface area contributed by atoms with Gasteiger partial charge in [0, 0.05) is 26.7 Å². The second-order valence-corrected chi connectivity index (χ2v) is 5.44. The van der Waals surface area contributed by atoms with Crippen molar-refractivity contribution in [2.75, 3.05) is 46.5 Å². The van der Waals surface area contributed by atoms with Gasteiger partial charge >= 0.3 is 5.97 Å². The first-order chi connectivity index (χ1) is 9.25. The smallest absolute Gasteiger partial charge is 0.329 e. The Morgan fingerprint density at radius 1 is 1.37 bits per heavy atom. The normalized spacial score (nSPS) is 24.5. The van der Waals surface area contributed by atoms with Crippen molar-refractivity contribution in [3.05, 3.63) is 0 Å². The summed E-state index contributed by atoms with van der Waals surface area (Å²) in [6, 6.07) is 0. The second-order valence-electron chi connectivity index (χ2n) is 5.44. The van der Waals surface area contributed by atoms with E-state index in [4.69, 9.17) is 9.47 Å². The Bertz CT molecular complexity index is 299. The molecule has 0 aromatic rings. The van der Waals surface area contributed by atoms with Gasteiger partial charge in [0.2, 0.25) is 0 Å². The molecule has 0 aromatic carbocycles. The Labute approximate surface area is 115 Å². The van der Waals surface area contributed by atoms with E-state index in [1.807, 2.05) is 6.92 Å². The zero-order chi connectivity index (χ0) is 13.7. The Balaban J connectivity index is 2.21. The minimum atomic E-state index is -0.559. The van der Waals surface area contributed by atoms with Gasteiger partial charge in [-0.3, -0.25) is 4.90 Å². The second kappa shape index (κ2) is 6.68. The zero-order valence-corrected chi connectivity index (χ0v) is 12.1. The van der Waals surface area contributed by atoms with Gasteiger partial charge < -0.3 is 14.8 Å². The van der Waals surface area contributed by atoms with Crippen LogP contribution in [-0.2, 0) is 14.3 Å². The van der Waals surface area contributed by atoms with Gasteiger partial charge in [0.15, 0.2) is 0 Å².